The summed E-state index contributed by atoms with van der Waals surface area (Å²) in [6, 6.07) is 5.10. The first kappa shape index (κ1) is 22.5. The van der Waals surface area contributed by atoms with Gasteiger partial charge >= 0.3 is 5.97 Å². The van der Waals surface area contributed by atoms with Gasteiger partial charge in [-0.25, -0.2) is 4.79 Å². The number of benzene rings is 1. The average molecular weight is 477 g/mol. The van der Waals surface area contributed by atoms with Crippen LogP contribution in [0.1, 0.15) is 49.2 Å². The molecule has 1 unspecified atom stereocenters. The van der Waals surface area contributed by atoms with Crippen molar-refractivity contribution in [1.29, 1.82) is 0 Å². The van der Waals surface area contributed by atoms with Gasteiger partial charge in [-0.1, -0.05) is 0 Å². The molecule has 2 aromatic heterocycles. The van der Waals surface area contributed by atoms with Gasteiger partial charge in [-0.05, 0) is 30.2 Å². The van der Waals surface area contributed by atoms with Gasteiger partial charge in [0.15, 0.2) is 11.5 Å². The molecule has 0 saturated carbocycles. The standard InChI is InChI=1S/C25H23N3O7/c1-32-19-9-12-8-16(27-20(12)23(34-3)22(19)33-2)24(30)28-6-5-14-15-7-13(25(31)35-4)11-26-21(15)18(29)10-17(14)28/h7-11,14,27H,5-6H2,1-4H3. The fourth-order valence-electron chi connectivity index (χ4n) is 4.83. The number of carbonyl (C=O) groups excluding carboxylic acids is 3. The largest absolute Gasteiger partial charge is 0.493 e. The minimum absolute atomic E-state index is 0.233. The van der Waals surface area contributed by atoms with Gasteiger partial charge in [-0.15, -0.1) is 0 Å². The Labute approximate surface area is 200 Å². The Balaban J connectivity index is 1.53. The quantitative estimate of drug-likeness (QED) is 0.557. The number of methoxy groups -OCH3 is 4. The van der Waals surface area contributed by atoms with Gasteiger partial charge in [-0.2, -0.15) is 0 Å². The highest BCUT2D eigenvalue weighted by molar-refractivity contribution is 6.08. The monoisotopic (exact) mass is 477 g/mol. The molecule has 1 aliphatic heterocycles. The predicted octanol–water partition coefficient (Wildman–Crippen LogP) is 3.09. The summed E-state index contributed by atoms with van der Waals surface area (Å²) in [5.74, 6) is -0.0607. The van der Waals surface area contributed by atoms with Crippen molar-refractivity contribution >= 4 is 28.6 Å². The normalized spacial score (nSPS) is 16.5. The van der Waals surface area contributed by atoms with Crippen LogP contribution in [0.5, 0.6) is 17.2 Å². The molecule has 180 valence electrons. The van der Waals surface area contributed by atoms with E-state index in [-0.39, 0.29) is 28.9 Å². The molecule has 10 nitrogen and oxygen atoms in total. The first-order chi connectivity index (χ1) is 16.9. The lowest BCUT2D eigenvalue weighted by Crippen LogP contribution is -2.29. The Morgan fingerprint density at radius 3 is 2.51 bits per heavy atom. The second-order valence-corrected chi connectivity index (χ2v) is 8.18. The van der Waals surface area contributed by atoms with Crippen LogP contribution >= 0.6 is 0 Å². The molecule has 2 aliphatic rings. The van der Waals surface area contributed by atoms with Crippen molar-refractivity contribution in [3.05, 3.63) is 58.7 Å². The molecule has 1 aliphatic carbocycles. The number of fused-ring (bicyclic) bond motifs is 4. The number of aromatic amines is 1. The van der Waals surface area contributed by atoms with Crippen LogP contribution in [-0.2, 0) is 4.74 Å². The summed E-state index contributed by atoms with van der Waals surface area (Å²) >= 11 is 0. The molecule has 1 atom stereocenters. The SMILES string of the molecule is COC(=O)c1cnc2c(c1)C1CCN(C(=O)c3cc4cc(OC)c(OC)c(OC)c4[nH]3)C1=CC2=O. The number of aromatic nitrogens is 2. The lowest BCUT2D eigenvalue weighted by molar-refractivity contribution is 0.0599. The average Bonchev–Trinajstić information content (AvgIpc) is 3.50. The Bertz CT molecular complexity index is 1420. The second kappa shape index (κ2) is 8.46. The zero-order chi connectivity index (χ0) is 24.9. The van der Waals surface area contributed by atoms with Crippen LogP contribution in [0.25, 0.3) is 10.9 Å². The van der Waals surface area contributed by atoms with Gasteiger partial charge in [0, 0.05) is 35.8 Å². The molecule has 1 fully saturated rings. The number of carbonyl (C=O) groups is 3. The summed E-state index contributed by atoms with van der Waals surface area (Å²) < 4.78 is 21.2. The number of H-pyrrole nitrogens is 1. The van der Waals surface area contributed by atoms with Crippen molar-refractivity contribution in [2.75, 3.05) is 35.0 Å². The molecule has 1 aromatic carbocycles. The number of nitrogens with one attached hydrogen (secondary N) is 1. The van der Waals surface area contributed by atoms with Crippen LogP contribution in [0.15, 0.2) is 36.2 Å². The molecular weight excluding hydrogens is 454 g/mol. The van der Waals surface area contributed by atoms with E-state index >= 15 is 0 Å². The maximum Gasteiger partial charge on any atom is 0.339 e. The maximum atomic E-state index is 13.6. The number of amides is 1. The third kappa shape index (κ3) is 3.40. The summed E-state index contributed by atoms with van der Waals surface area (Å²) in [7, 11) is 5.83. The zero-order valence-electron chi connectivity index (χ0n) is 19.6. The van der Waals surface area contributed by atoms with Crippen molar-refractivity contribution in [3.63, 3.8) is 0 Å². The number of likely N-dealkylation sites (tertiary alicyclic amines) is 1. The molecule has 3 heterocycles. The number of pyridine rings is 1. The molecule has 1 saturated heterocycles. The zero-order valence-corrected chi connectivity index (χ0v) is 19.6. The van der Waals surface area contributed by atoms with E-state index in [1.807, 2.05) is 0 Å². The molecular formula is C25H23N3O7. The van der Waals surface area contributed by atoms with Crippen LogP contribution in [-0.4, -0.2) is 67.5 Å². The third-order valence-corrected chi connectivity index (χ3v) is 6.43. The van der Waals surface area contributed by atoms with E-state index in [1.54, 1.807) is 23.1 Å². The lowest BCUT2D eigenvalue weighted by atomic mass is 9.87. The van der Waals surface area contributed by atoms with E-state index in [2.05, 4.69) is 9.97 Å². The molecule has 5 rings (SSSR count). The van der Waals surface area contributed by atoms with E-state index in [9.17, 15) is 14.4 Å². The van der Waals surface area contributed by atoms with Crippen LogP contribution in [0.2, 0.25) is 0 Å². The highest BCUT2D eigenvalue weighted by Crippen LogP contribution is 2.45. The Morgan fingerprint density at radius 1 is 1.06 bits per heavy atom. The van der Waals surface area contributed by atoms with E-state index in [4.69, 9.17) is 18.9 Å². The van der Waals surface area contributed by atoms with E-state index in [1.165, 1.54) is 40.7 Å². The molecule has 3 aromatic rings. The first-order valence-corrected chi connectivity index (χ1v) is 10.9. The highest BCUT2D eigenvalue weighted by atomic mass is 16.5. The second-order valence-electron chi connectivity index (χ2n) is 8.18. The van der Waals surface area contributed by atoms with Gasteiger partial charge in [0.2, 0.25) is 11.5 Å². The summed E-state index contributed by atoms with van der Waals surface area (Å²) in [5, 5.41) is 0.713. The lowest BCUT2D eigenvalue weighted by Gasteiger charge is -2.24. The van der Waals surface area contributed by atoms with Crippen molar-refractivity contribution in [1.82, 2.24) is 14.9 Å². The minimum Gasteiger partial charge on any atom is -0.493 e. The third-order valence-electron chi connectivity index (χ3n) is 6.43. The van der Waals surface area contributed by atoms with Crippen molar-refractivity contribution < 1.29 is 33.3 Å². The maximum absolute atomic E-state index is 13.6. The van der Waals surface area contributed by atoms with Crippen LogP contribution in [0, 0.1) is 0 Å². The fourth-order valence-corrected chi connectivity index (χ4v) is 4.83. The van der Waals surface area contributed by atoms with Crippen LogP contribution < -0.4 is 14.2 Å². The van der Waals surface area contributed by atoms with Crippen molar-refractivity contribution in [3.8, 4) is 17.2 Å². The molecule has 0 radical (unpaired) electrons. The summed E-state index contributed by atoms with van der Waals surface area (Å²) in [4.78, 5) is 47.3. The number of ketones is 1. The predicted molar refractivity (Wildman–Crippen MR) is 124 cm³/mol. The fraction of sp³-hybridized carbons (Fsp3) is 0.280. The first-order valence-electron chi connectivity index (χ1n) is 10.9. The van der Waals surface area contributed by atoms with E-state index in [0.717, 1.165) is 0 Å². The van der Waals surface area contributed by atoms with Gasteiger partial charge in [0.1, 0.15) is 11.4 Å². The van der Waals surface area contributed by atoms with Gasteiger partial charge in [0.25, 0.3) is 5.91 Å². The number of hydrogen-bond acceptors (Lipinski definition) is 8. The number of hydrogen-bond donors (Lipinski definition) is 1. The molecule has 1 N–H and O–H groups in total. The summed E-state index contributed by atoms with van der Waals surface area (Å²) in [6.45, 7) is 0.406. The molecule has 0 bridgehead atoms. The Hall–Kier alpha value is -4.34. The van der Waals surface area contributed by atoms with Gasteiger partial charge < -0.3 is 28.8 Å². The number of allylic oxidation sites excluding steroid dienone is 2. The number of esters is 1. The molecule has 1 amide bonds. The van der Waals surface area contributed by atoms with E-state index in [0.29, 0.717) is 58.1 Å². The highest BCUT2D eigenvalue weighted by Gasteiger charge is 2.40. The number of rotatable bonds is 5. The molecule has 0 spiro atoms. The van der Waals surface area contributed by atoms with Gasteiger partial charge in [0.05, 0.1) is 39.5 Å². The minimum atomic E-state index is -0.535. The van der Waals surface area contributed by atoms with Gasteiger partial charge in [-0.3, -0.25) is 14.6 Å². The van der Waals surface area contributed by atoms with Crippen LogP contribution in [0.4, 0.5) is 0 Å². The topological polar surface area (TPSA) is 120 Å². The van der Waals surface area contributed by atoms with E-state index < -0.39 is 5.97 Å². The molecule has 35 heavy (non-hydrogen) atoms. The van der Waals surface area contributed by atoms with Crippen molar-refractivity contribution in [2.45, 2.75) is 12.3 Å². The molecule has 10 heteroatoms. The number of nitrogens with zero attached hydrogens (tertiary/aromatic N) is 2. The summed E-state index contributed by atoms with van der Waals surface area (Å²) in [6.07, 6.45) is 3.38. The van der Waals surface area contributed by atoms with Crippen LogP contribution in [0.3, 0.4) is 0 Å². The smallest absolute Gasteiger partial charge is 0.339 e. The Kier molecular flexibility index (Phi) is 5.43. The number of ether oxygens (including phenoxy) is 4. The van der Waals surface area contributed by atoms with Crippen molar-refractivity contribution in [2.24, 2.45) is 0 Å². The summed E-state index contributed by atoms with van der Waals surface area (Å²) in [5.41, 5.74) is 2.67. The Morgan fingerprint density at radius 2 is 1.83 bits per heavy atom.